The molecule has 1 fully saturated rings. The highest BCUT2D eigenvalue weighted by Crippen LogP contribution is 2.30. The van der Waals surface area contributed by atoms with Gasteiger partial charge in [0.2, 0.25) is 0 Å². The number of aryl methyl sites for hydroxylation is 1. The Morgan fingerprint density at radius 2 is 1.93 bits per heavy atom. The van der Waals surface area contributed by atoms with Crippen LogP contribution in [0.25, 0.3) is 0 Å². The number of benzene rings is 1. The topological polar surface area (TPSA) is 72.3 Å². The van der Waals surface area contributed by atoms with Crippen molar-refractivity contribution in [2.75, 3.05) is 12.0 Å². The lowest BCUT2D eigenvalue weighted by Gasteiger charge is -2.29. The number of carbonyl (C=O) groups excluding carboxylic acids is 1. The summed E-state index contributed by atoms with van der Waals surface area (Å²) in [6, 6.07) is 7.82. The molecule has 1 N–H and O–H groups in total. The van der Waals surface area contributed by atoms with Gasteiger partial charge in [0, 0.05) is 19.0 Å². The Morgan fingerprint density at radius 3 is 2.76 bits per heavy atom. The first-order valence-electron chi connectivity index (χ1n) is 10.9. The number of rotatable bonds is 5. The number of nitrogens with one attached hydrogen (secondary N) is 1. The largest absolute Gasteiger partial charge is 0.495 e. The Bertz CT molecular complexity index is 828. The number of methoxy groups -OCH3 is 1. The molecule has 1 saturated carbocycles. The van der Waals surface area contributed by atoms with E-state index in [1.807, 2.05) is 24.3 Å². The summed E-state index contributed by atoms with van der Waals surface area (Å²) in [5, 5.41) is 12.1. The summed E-state index contributed by atoms with van der Waals surface area (Å²) in [6.45, 7) is 1.30. The lowest BCUT2D eigenvalue weighted by atomic mass is 9.96. The fraction of sp³-hybridized carbons (Fsp3) is 0.591. The molecule has 1 aromatic carbocycles. The van der Waals surface area contributed by atoms with Gasteiger partial charge in [-0.25, -0.2) is 4.79 Å². The van der Waals surface area contributed by atoms with Crippen LogP contribution >= 0.6 is 0 Å². The second-order valence-electron chi connectivity index (χ2n) is 8.04. The predicted molar refractivity (Wildman–Crippen MR) is 112 cm³/mol. The Balaban J connectivity index is 1.61. The van der Waals surface area contributed by atoms with E-state index >= 15 is 0 Å². The molecule has 156 valence electrons. The number of fused-ring (bicyclic) bond motifs is 1. The number of carbonyl (C=O) groups is 1. The van der Waals surface area contributed by atoms with Gasteiger partial charge in [-0.3, -0.25) is 4.90 Å². The number of ether oxygens (including phenoxy) is 1. The molecule has 0 radical (unpaired) electrons. The fourth-order valence-corrected chi connectivity index (χ4v) is 4.42. The van der Waals surface area contributed by atoms with Crippen LogP contribution in [0, 0.1) is 0 Å². The van der Waals surface area contributed by atoms with Crippen LogP contribution in [0.1, 0.15) is 63.0 Å². The van der Waals surface area contributed by atoms with Crippen molar-refractivity contribution < 1.29 is 9.53 Å². The van der Waals surface area contributed by atoms with Crippen LogP contribution in [0.15, 0.2) is 24.3 Å². The van der Waals surface area contributed by atoms with Crippen molar-refractivity contribution >= 4 is 11.7 Å². The molecule has 2 amide bonds. The number of nitrogens with zero attached hydrogens (tertiary/aromatic N) is 4. The molecule has 29 heavy (non-hydrogen) atoms. The van der Waals surface area contributed by atoms with E-state index in [0.29, 0.717) is 12.3 Å². The third kappa shape index (κ3) is 4.54. The van der Waals surface area contributed by atoms with Crippen molar-refractivity contribution in [2.45, 2.75) is 76.9 Å². The Morgan fingerprint density at radius 1 is 1.14 bits per heavy atom. The summed E-state index contributed by atoms with van der Waals surface area (Å²) in [5.41, 5.74) is 0.759. The average molecular weight is 398 g/mol. The smallest absolute Gasteiger partial charge is 0.322 e. The molecule has 0 spiro atoms. The molecule has 2 heterocycles. The summed E-state index contributed by atoms with van der Waals surface area (Å²) >= 11 is 0. The van der Waals surface area contributed by atoms with Gasteiger partial charge in [0.1, 0.15) is 11.6 Å². The highest BCUT2D eigenvalue weighted by Gasteiger charge is 2.26. The van der Waals surface area contributed by atoms with Crippen LogP contribution in [0.5, 0.6) is 5.75 Å². The Kier molecular flexibility index (Phi) is 6.32. The molecule has 1 aromatic heterocycles. The maximum atomic E-state index is 13.3. The van der Waals surface area contributed by atoms with Gasteiger partial charge in [0.15, 0.2) is 5.82 Å². The molecule has 2 aromatic rings. The lowest BCUT2D eigenvalue weighted by molar-refractivity contribution is 0.237. The number of anilines is 1. The van der Waals surface area contributed by atoms with Gasteiger partial charge < -0.3 is 14.6 Å². The first-order valence-corrected chi connectivity index (χ1v) is 10.9. The van der Waals surface area contributed by atoms with Crippen molar-refractivity contribution in [3.8, 4) is 5.75 Å². The molecule has 1 aliphatic carbocycles. The van der Waals surface area contributed by atoms with Crippen LogP contribution in [0.4, 0.5) is 10.5 Å². The number of aromatic nitrogens is 3. The van der Waals surface area contributed by atoms with Crippen molar-refractivity contribution in [3.63, 3.8) is 0 Å². The third-order valence-electron chi connectivity index (χ3n) is 6.04. The normalized spacial score (nSPS) is 17.3. The van der Waals surface area contributed by atoms with Gasteiger partial charge in [0.25, 0.3) is 0 Å². The molecule has 7 heteroatoms. The minimum Gasteiger partial charge on any atom is -0.495 e. The molecule has 0 unspecified atom stereocenters. The predicted octanol–water partition coefficient (Wildman–Crippen LogP) is 4.06. The van der Waals surface area contributed by atoms with E-state index in [1.54, 1.807) is 12.0 Å². The quantitative estimate of drug-likeness (QED) is 0.826. The Labute approximate surface area is 172 Å². The molecule has 0 saturated heterocycles. The zero-order valence-electron chi connectivity index (χ0n) is 17.3. The summed E-state index contributed by atoms with van der Waals surface area (Å²) in [5.74, 6) is 2.55. The monoisotopic (exact) mass is 397 g/mol. The van der Waals surface area contributed by atoms with E-state index in [4.69, 9.17) is 4.74 Å². The number of hydrogen-bond donors (Lipinski definition) is 1. The van der Waals surface area contributed by atoms with Gasteiger partial charge in [-0.15, -0.1) is 10.2 Å². The maximum Gasteiger partial charge on any atom is 0.322 e. The average Bonchev–Trinajstić information content (AvgIpc) is 2.98. The van der Waals surface area contributed by atoms with Crippen LogP contribution in [-0.4, -0.2) is 33.9 Å². The summed E-state index contributed by atoms with van der Waals surface area (Å²) < 4.78 is 7.75. The summed E-state index contributed by atoms with van der Waals surface area (Å²) in [7, 11) is 1.64. The van der Waals surface area contributed by atoms with Crippen LogP contribution in [0.3, 0.4) is 0 Å². The molecule has 0 atom stereocenters. The summed E-state index contributed by atoms with van der Waals surface area (Å²) in [6.07, 6.45) is 10.1. The zero-order valence-corrected chi connectivity index (χ0v) is 17.3. The van der Waals surface area contributed by atoms with Gasteiger partial charge in [-0.1, -0.05) is 37.8 Å². The molecule has 0 bridgehead atoms. The van der Waals surface area contributed by atoms with Gasteiger partial charge in [-0.05, 0) is 37.8 Å². The minimum absolute atomic E-state index is 0.0904. The fourth-order valence-electron chi connectivity index (χ4n) is 4.42. The molecule has 1 aliphatic heterocycles. The summed E-state index contributed by atoms with van der Waals surface area (Å²) in [4.78, 5) is 15.1. The van der Waals surface area contributed by atoms with Gasteiger partial charge in [-0.2, -0.15) is 0 Å². The standard InChI is InChI=1S/C22H31N5O2/c1-29-19-13-8-7-12-18(19)27(22(28)23-17-10-4-2-5-11-17)16-21-25-24-20-14-6-3-9-15-26(20)21/h7-8,12-13,17H,2-6,9-11,14-16H2,1H3,(H,23,28). The number of para-hydroxylation sites is 2. The van der Waals surface area contributed by atoms with E-state index in [0.717, 1.165) is 56.0 Å². The van der Waals surface area contributed by atoms with E-state index in [9.17, 15) is 4.79 Å². The van der Waals surface area contributed by atoms with Crippen molar-refractivity contribution in [3.05, 3.63) is 35.9 Å². The number of urea groups is 1. The second kappa shape index (κ2) is 9.29. The van der Waals surface area contributed by atoms with Crippen molar-refractivity contribution in [1.29, 1.82) is 0 Å². The van der Waals surface area contributed by atoms with Crippen molar-refractivity contribution in [1.82, 2.24) is 20.1 Å². The highest BCUT2D eigenvalue weighted by molar-refractivity contribution is 5.93. The maximum absolute atomic E-state index is 13.3. The van der Waals surface area contributed by atoms with Crippen LogP contribution in [0.2, 0.25) is 0 Å². The SMILES string of the molecule is COc1ccccc1N(Cc1nnc2n1CCCCC2)C(=O)NC1CCCCC1. The minimum atomic E-state index is -0.0904. The van der Waals surface area contributed by atoms with Crippen molar-refractivity contribution in [2.24, 2.45) is 0 Å². The molecular weight excluding hydrogens is 366 g/mol. The first kappa shape index (κ1) is 19.7. The molecule has 7 nitrogen and oxygen atoms in total. The molecule has 4 rings (SSSR count). The van der Waals surface area contributed by atoms with Gasteiger partial charge >= 0.3 is 6.03 Å². The van der Waals surface area contributed by atoms with E-state index < -0.39 is 0 Å². The second-order valence-corrected chi connectivity index (χ2v) is 8.04. The van der Waals surface area contributed by atoms with E-state index in [-0.39, 0.29) is 12.1 Å². The zero-order chi connectivity index (χ0) is 20.1. The van der Waals surface area contributed by atoms with E-state index in [1.165, 1.54) is 25.7 Å². The molecular formula is C22H31N5O2. The third-order valence-corrected chi connectivity index (χ3v) is 6.04. The molecule has 2 aliphatic rings. The van der Waals surface area contributed by atoms with Gasteiger partial charge in [0.05, 0.1) is 19.3 Å². The number of amides is 2. The van der Waals surface area contributed by atoms with Crippen LogP contribution < -0.4 is 15.0 Å². The number of hydrogen-bond acceptors (Lipinski definition) is 4. The Hall–Kier alpha value is -2.57. The first-order chi connectivity index (χ1) is 14.3. The lowest BCUT2D eigenvalue weighted by Crippen LogP contribution is -2.45. The van der Waals surface area contributed by atoms with Crippen LogP contribution in [-0.2, 0) is 19.5 Å². The highest BCUT2D eigenvalue weighted by atomic mass is 16.5. The van der Waals surface area contributed by atoms with E-state index in [2.05, 4.69) is 20.1 Å².